The number of aliphatic carboxylic acids is 1. The lowest BCUT2D eigenvalue weighted by Crippen LogP contribution is -2.40. The Hall–Kier alpha value is -2.00. The first-order valence-corrected chi connectivity index (χ1v) is 6.71. The van der Waals surface area contributed by atoms with Crippen molar-refractivity contribution in [2.45, 2.75) is 24.3 Å². The molecule has 1 aromatic rings. The average Bonchev–Trinajstić information content (AvgIpc) is 2.42. The Balaban J connectivity index is 2.87. The van der Waals surface area contributed by atoms with Crippen LogP contribution in [0.4, 0.5) is 0 Å². The van der Waals surface area contributed by atoms with Gasteiger partial charge in [0.1, 0.15) is 6.04 Å². The van der Waals surface area contributed by atoms with E-state index in [4.69, 9.17) is 10.4 Å². The third-order valence-electron chi connectivity index (χ3n) is 2.44. The van der Waals surface area contributed by atoms with Crippen molar-refractivity contribution in [3.8, 4) is 6.07 Å². The van der Waals surface area contributed by atoms with Crippen molar-refractivity contribution in [1.29, 1.82) is 5.26 Å². The fourth-order valence-corrected chi connectivity index (χ4v) is 2.18. The van der Waals surface area contributed by atoms with Crippen LogP contribution in [-0.2, 0) is 4.79 Å². The van der Waals surface area contributed by atoms with E-state index in [1.807, 2.05) is 6.07 Å². The molecule has 0 saturated carbocycles. The van der Waals surface area contributed by atoms with E-state index < -0.39 is 17.9 Å². The summed E-state index contributed by atoms with van der Waals surface area (Å²) < 4.78 is 0. The van der Waals surface area contributed by atoms with E-state index in [1.165, 1.54) is 11.8 Å². The van der Waals surface area contributed by atoms with Gasteiger partial charge in [0, 0.05) is 4.90 Å². The molecule has 0 radical (unpaired) electrons. The highest BCUT2D eigenvalue weighted by Gasteiger charge is 2.20. The highest BCUT2D eigenvalue weighted by atomic mass is 32.2. The Bertz CT molecular complexity index is 511. The van der Waals surface area contributed by atoms with Crippen LogP contribution in [0.15, 0.2) is 29.2 Å². The predicted molar refractivity (Wildman–Crippen MR) is 72.0 cm³/mol. The van der Waals surface area contributed by atoms with Crippen LogP contribution >= 0.6 is 11.8 Å². The molecule has 0 aliphatic carbocycles. The van der Waals surface area contributed by atoms with Crippen LogP contribution in [0.5, 0.6) is 0 Å². The van der Waals surface area contributed by atoms with Crippen molar-refractivity contribution in [2.75, 3.05) is 5.75 Å². The lowest BCUT2D eigenvalue weighted by molar-refractivity contribution is -0.139. The van der Waals surface area contributed by atoms with Crippen molar-refractivity contribution >= 4 is 23.6 Å². The van der Waals surface area contributed by atoms with Crippen LogP contribution in [0.2, 0.25) is 0 Å². The number of nitrogens with one attached hydrogen (secondary N) is 1. The summed E-state index contributed by atoms with van der Waals surface area (Å²) in [6, 6.07) is 7.91. The molecule has 2 N–H and O–H groups in total. The van der Waals surface area contributed by atoms with E-state index in [9.17, 15) is 9.59 Å². The average molecular weight is 278 g/mol. The van der Waals surface area contributed by atoms with Crippen molar-refractivity contribution in [3.05, 3.63) is 29.8 Å². The smallest absolute Gasteiger partial charge is 0.326 e. The second-order valence-electron chi connectivity index (χ2n) is 3.72. The quantitative estimate of drug-likeness (QED) is 0.775. The van der Waals surface area contributed by atoms with Crippen LogP contribution in [0.25, 0.3) is 0 Å². The van der Waals surface area contributed by atoms with Crippen LogP contribution in [0, 0.1) is 11.3 Å². The molecule has 1 amide bonds. The molecule has 0 aliphatic rings. The molecular weight excluding hydrogens is 264 g/mol. The summed E-state index contributed by atoms with van der Waals surface area (Å²) in [6.45, 7) is 1.69. The first-order chi connectivity index (χ1) is 9.10. The van der Waals surface area contributed by atoms with E-state index in [1.54, 1.807) is 31.2 Å². The second kappa shape index (κ2) is 7.44. The number of hydrogen-bond donors (Lipinski definition) is 2. The molecule has 0 saturated heterocycles. The zero-order chi connectivity index (χ0) is 14.3. The van der Waals surface area contributed by atoms with E-state index >= 15 is 0 Å². The third kappa shape index (κ3) is 4.30. The van der Waals surface area contributed by atoms with Crippen molar-refractivity contribution in [1.82, 2.24) is 5.32 Å². The number of thioether (sulfide) groups is 1. The van der Waals surface area contributed by atoms with Gasteiger partial charge >= 0.3 is 5.97 Å². The molecule has 100 valence electrons. The third-order valence-corrected chi connectivity index (χ3v) is 3.38. The van der Waals surface area contributed by atoms with Crippen molar-refractivity contribution in [3.63, 3.8) is 0 Å². The number of carboxylic acid groups (broad SMARTS) is 1. The minimum Gasteiger partial charge on any atom is -0.480 e. The minimum absolute atomic E-state index is 0.237. The molecule has 19 heavy (non-hydrogen) atoms. The van der Waals surface area contributed by atoms with E-state index in [2.05, 4.69) is 5.32 Å². The van der Waals surface area contributed by atoms with Gasteiger partial charge in [0.25, 0.3) is 5.91 Å². The Morgan fingerprint density at radius 3 is 2.74 bits per heavy atom. The molecule has 0 spiro atoms. The first-order valence-electron chi connectivity index (χ1n) is 5.72. The fourth-order valence-electron chi connectivity index (χ4n) is 1.46. The molecule has 0 aromatic heterocycles. The highest BCUT2D eigenvalue weighted by molar-refractivity contribution is 7.99. The van der Waals surface area contributed by atoms with Gasteiger partial charge in [0.15, 0.2) is 0 Å². The van der Waals surface area contributed by atoms with Crippen LogP contribution in [0.3, 0.4) is 0 Å². The van der Waals surface area contributed by atoms with Crippen molar-refractivity contribution < 1.29 is 14.7 Å². The summed E-state index contributed by atoms with van der Waals surface area (Å²) in [5.41, 5.74) is 0.391. The number of benzene rings is 1. The second-order valence-corrected chi connectivity index (χ2v) is 4.73. The van der Waals surface area contributed by atoms with Gasteiger partial charge in [0.2, 0.25) is 0 Å². The maximum Gasteiger partial charge on any atom is 0.326 e. The van der Waals surface area contributed by atoms with Gasteiger partial charge in [-0.25, -0.2) is 4.79 Å². The van der Waals surface area contributed by atoms with Gasteiger partial charge in [-0.1, -0.05) is 19.1 Å². The summed E-state index contributed by atoms with van der Waals surface area (Å²) in [6.07, 6.45) is 0.314. The summed E-state index contributed by atoms with van der Waals surface area (Å²) in [7, 11) is 0. The molecule has 6 heteroatoms. The summed E-state index contributed by atoms with van der Waals surface area (Å²) in [4.78, 5) is 23.6. The molecule has 1 atom stereocenters. The van der Waals surface area contributed by atoms with Crippen LogP contribution < -0.4 is 5.32 Å². The van der Waals surface area contributed by atoms with Crippen molar-refractivity contribution in [2.24, 2.45) is 0 Å². The maximum atomic E-state index is 12.0. The topological polar surface area (TPSA) is 90.2 Å². The molecule has 0 heterocycles. The maximum absolute atomic E-state index is 12.0. The van der Waals surface area contributed by atoms with Gasteiger partial charge in [-0.05, 0) is 18.6 Å². The van der Waals surface area contributed by atoms with Crippen LogP contribution in [0.1, 0.15) is 23.7 Å². The van der Waals surface area contributed by atoms with Gasteiger partial charge in [0.05, 0.1) is 17.4 Å². The van der Waals surface area contributed by atoms with Gasteiger partial charge in [-0.15, -0.1) is 11.8 Å². The molecule has 0 unspecified atom stereocenters. The van der Waals surface area contributed by atoms with Crippen LogP contribution in [-0.4, -0.2) is 28.8 Å². The zero-order valence-corrected chi connectivity index (χ0v) is 11.2. The molecule has 1 aromatic carbocycles. The standard InChI is InChI=1S/C13H14N2O3S/c1-2-10(13(17)18)15-12(16)9-5-3-4-6-11(9)19-8-7-14/h3-6,10H,2,8H2,1H3,(H,15,16)(H,17,18)/t10-/m0/s1. The molecule has 0 fully saturated rings. The summed E-state index contributed by atoms with van der Waals surface area (Å²) in [5.74, 6) is -1.26. The normalized spacial score (nSPS) is 11.4. The number of carboxylic acids is 1. The lowest BCUT2D eigenvalue weighted by Gasteiger charge is -2.13. The number of amides is 1. The Kier molecular flexibility index (Phi) is 5.90. The molecule has 1 rings (SSSR count). The number of nitrogens with zero attached hydrogens (tertiary/aromatic N) is 1. The van der Waals surface area contributed by atoms with E-state index in [-0.39, 0.29) is 5.75 Å². The SMILES string of the molecule is CC[C@H](NC(=O)c1ccccc1SCC#N)C(=O)O. The first kappa shape index (κ1) is 15.1. The number of nitriles is 1. The van der Waals surface area contributed by atoms with Gasteiger partial charge in [-0.3, -0.25) is 4.79 Å². The number of carbonyl (C=O) groups excluding carboxylic acids is 1. The lowest BCUT2D eigenvalue weighted by atomic mass is 10.1. The van der Waals surface area contributed by atoms with E-state index in [0.29, 0.717) is 16.9 Å². The zero-order valence-electron chi connectivity index (χ0n) is 10.4. The molecular formula is C13H14N2O3S. The number of hydrogen-bond acceptors (Lipinski definition) is 4. The van der Waals surface area contributed by atoms with Gasteiger partial charge in [-0.2, -0.15) is 5.26 Å². The molecule has 0 aliphatic heterocycles. The largest absolute Gasteiger partial charge is 0.480 e. The monoisotopic (exact) mass is 278 g/mol. The molecule has 0 bridgehead atoms. The summed E-state index contributed by atoms with van der Waals surface area (Å²) in [5, 5.41) is 19.9. The highest BCUT2D eigenvalue weighted by Crippen LogP contribution is 2.22. The summed E-state index contributed by atoms with van der Waals surface area (Å²) >= 11 is 1.25. The number of carbonyl (C=O) groups is 2. The molecule has 5 nitrogen and oxygen atoms in total. The predicted octanol–water partition coefficient (Wildman–Crippen LogP) is 1.90. The Morgan fingerprint density at radius 2 is 2.16 bits per heavy atom. The minimum atomic E-state index is -1.06. The van der Waals surface area contributed by atoms with Gasteiger partial charge < -0.3 is 10.4 Å². The Labute approximate surface area is 115 Å². The Morgan fingerprint density at radius 1 is 1.47 bits per heavy atom. The number of rotatable bonds is 6. The fraction of sp³-hybridized carbons (Fsp3) is 0.308. The van der Waals surface area contributed by atoms with E-state index in [0.717, 1.165) is 0 Å².